The quantitative estimate of drug-likeness (QED) is 0.582. The monoisotopic (exact) mass is 519 g/mol. The highest BCUT2D eigenvalue weighted by Crippen LogP contribution is 2.43. The Labute approximate surface area is 214 Å². The first-order valence-corrected chi connectivity index (χ1v) is 13.7. The van der Waals surface area contributed by atoms with Gasteiger partial charge in [0.15, 0.2) is 0 Å². The molecule has 10 nitrogen and oxygen atoms in total. The maximum atomic E-state index is 12.4. The van der Waals surface area contributed by atoms with Crippen LogP contribution in [0, 0.1) is 30.1 Å². The Kier molecular flexibility index (Phi) is 8.64. The maximum absolute atomic E-state index is 12.4. The minimum Gasteiger partial charge on any atom is -0.331 e. The molecule has 198 valence electrons. The number of hydrogen-bond acceptors (Lipinski definition) is 6. The Bertz CT molecular complexity index is 1080. The lowest BCUT2D eigenvalue weighted by Crippen LogP contribution is -2.48. The molecular weight excluding hydrogens is 482 g/mol. The number of aryl methyl sites for hydroxylation is 1. The zero-order chi connectivity index (χ0) is 26.7. The molecule has 11 heteroatoms. The number of fused-ring (bicyclic) bond motifs is 1. The molecule has 3 amide bonds. The Balaban J connectivity index is 0.000000275. The van der Waals surface area contributed by atoms with Crippen LogP contribution in [0.2, 0.25) is 0 Å². The SMILES string of the molecule is CN(C)C(=O)N1CC2CC(C)(NCC(=O)N3CCCC3C#N)CC2C1.Cc1ccc(S(=O)(=O)O)cc1. The third-order valence-electron chi connectivity index (χ3n) is 7.36. The summed E-state index contributed by atoms with van der Waals surface area (Å²) in [5.41, 5.74) is 0.900. The number of likely N-dealkylation sites (tertiary alicyclic amines) is 2. The smallest absolute Gasteiger partial charge is 0.319 e. The van der Waals surface area contributed by atoms with Crippen molar-refractivity contribution < 1.29 is 22.6 Å². The fourth-order valence-corrected chi connectivity index (χ4v) is 6.01. The van der Waals surface area contributed by atoms with E-state index in [1.807, 2.05) is 11.8 Å². The highest BCUT2D eigenvalue weighted by atomic mass is 32.2. The van der Waals surface area contributed by atoms with Gasteiger partial charge in [-0.3, -0.25) is 9.35 Å². The van der Waals surface area contributed by atoms with Crippen LogP contribution in [0.4, 0.5) is 4.79 Å². The number of rotatable bonds is 4. The molecule has 3 aliphatic rings. The van der Waals surface area contributed by atoms with Gasteiger partial charge in [-0.2, -0.15) is 13.7 Å². The fourth-order valence-electron chi connectivity index (χ4n) is 5.53. The number of urea groups is 1. The van der Waals surface area contributed by atoms with E-state index >= 15 is 0 Å². The van der Waals surface area contributed by atoms with Gasteiger partial charge < -0.3 is 20.0 Å². The Morgan fingerprint density at radius 3 is 2.28 bits per heavy atom. The third-order valence-corrected chi connectivity index (χ3v) is 8.23. The molecule has 0 bridgehead atoms. The van der Waals surface area contributed by atoms with Crippen LogP contribution in [0.15, 0.2) is 29.2 Å². The van der Waals surface area contributed by atoms with Gasteiger partial charge in [-0.15, -0.1) is 0 Å². The minimum atomic E-state index is -4.02. The molecule has 4 rings (SSSR count). The van der Waals surface area contributed by atoms with E-state index in [9.17, 15) is 18.0 Å². The van der Waals surface area contributed by atoms with E-state index in [1.54, 1.807) is 36.0 Å². The van der Waals surface area contributed by atoms with Crippen molar-refractivity contribution in [2.24, 2.45) is 11.8 Å². The number of hydrogen-bond donors (Lipinski definition) is 2. The van der Waals surface area contributed by atoms with Gasteiger partial charge in [0.1, 0.15) is 6.04 Å². The van der Waals surface area contributed by atoms with Crippen molar-refractivity contribution in [3.8, 4) is 6.07 Å². The highest BCUT2D eigenvalue weighted by Gasteiger charge is 2.48. The summed E-state index contributed by atoms with van der Waals surface area (Å²) < 4.78 is 29.6. The minimum absolute atomic E-state index is 0.0340. The van der Waals surface area contributed by atoms with Crippen molar-refractivity contribution in [1.82, 2.24) is 20.0 Å². The number of nitriles is 1. The van der Waals surface area contributed by atoms with Crippen LogP contribution in [-0.4, -0.2) is 91.5 Å². The first-order valence-electron chi connectivity index (χ1n) is 12.3. The molecule has 3 fully saturated rings. The van der Waals surface area contributed by atoms with E-state index in [0.717, 1.165) is 44.3 Å². The number of benzene rings is 1. The highest BCUT2D eigenvalue weighted by molar-refractivity contribution is 7.85. The summed E-state index contributed by atoms with van der Waals surface area (Å²) in [6.45, 7) is 6.65. The van der Waals surface area contributed by atoms with Crippen molar-refractivity contribution in [1.29, 1.82) is 5.26 Å². The van der Waals surface area contributed by atoms with E-state index in [1.165, 1.54) is 12.1 Å². The molecule has 36 heavy (non-hydrogen) atoms. The average Bonchev–Trinajstić information content (AvgIpc) is 3.50. The van der Waals surface area contributed by atoms with E-state index in [0.29, 0.717) is 24.9 Å². The van der Waals surface area contributed by atoms with Crippen molar-refractivity contribution >= 4 is 22.1 Å². The van der Waals surface area contributed by atoms with Crippen molar-refractivity contribution in [3.63, 3.8) is 0 Å². The number of amides is 3. The molecule has 1 aromatic carbocycles. The number of nitrogens with zero attached hydrogens (tertiary/aromatic N) is 4. The zero-order valence-electron chi connectivity index (χ0n) is 21.5. The second-order valence-corrected chi connectivity index (χ2v) is 12.0. The average molecular weight is 520 g/mol. The molecule has 2 saturated heterocycles. The molecular formula is C25H37N5O5S. The van der Waals surface area contributed by atoms with Gasteiger partial charge in [0, 0.05) is 39.3 Å². The van der Waals surface area contributed by atoms with Crippen LogP contribution in [0.1, 0.15) is 38.2 Å². The van der Waals surface area contributed by atoms with Crippen LogP contribution in [-0.2, 0) is 14.9 Å². The molecule has 2 heterocycles. The second-order valence-electron chi connectivity index (χ2n) is 10.6. The topological polar surface area (TPSA) is 134 Å². The molecule has 3 unspecified atom stereocenters. The Morgan fingerprint density at radius 1 is 1.19 bits per heavy atom. The maximum Gasteiger partial charge on any atom is 0.319 e. The standard InChI is InChI=1S/C18H29N5O2.C7H8O3S/c1-18(20-10-16(24)23-6-4-5-15(23)9-19)7-13-11-22(12-14(13)8-18)17(25)21(2)3;1-6-2-4-7(5-3-6)11(8,9)10/h13-15,20H,4-8,10-12H2,1-3H3;2-5H,1H3,(H,8,9,10). The predicted molar refractivity (Wildman–Crippen MR) is 135 cm³/mol. The Morgan fingerprint density at radius 2 is 1.78 bits per heavy atom. The number of nitrogens with one attached hydrogen (secondary N) is 1. The van der Waals surface area contributed by atoms with E-state index in [2.05, 4.69) is 18.3 Å². The van der Waals surface area contributed by atoms with Crippen molar-refractivity contribution in [2.75, 3.05) is 40.3 Å². The van der Waals surface area contributed by atoms with Gasteiger partial charge in [-0.05, 0) is 63.5 Å². The largest absolute Gasteiger partial charge is 0.331 e. The van der Waals surface area contributed by atoms with Crippen molar-refractivity contribution in [2.45, 2.75) is 56.0 Å². The van der Waals surface area contributed by atoms with Crippen LogP contribution in [0.25, 0.3) is 0 Å². The third kappa shape index (κ3) is 6.75. The summed E-state index contributed by atoms with van der Waals surface area (Å²) in [5, 5.41) is 12.6. The van der Waals surface area contributed by atoms with Gasteiger partial charge in [0.05, 0.1) is 17.5 Å². The molecule has 2 N–H and O–H groups in total. The van der Waals surface area contributed by atoms with Gasteiger partial charge in [0.2, 0.25) is 5.91 Å². The zero-order valence-corrected chi connectivity index (χ0v) is 22.3. The van der Waals surface area contributed by atoms with Crippen LogP contribution in [0.3, 0.4) is 0 Å². The number of carbonyl (C=O) groups is 2. The van der Waals surface area contributed by atoms with Gasteiger partial charge >= 0.3 is 6.03 Å². The van der Waals surface area contributed by atoms with Gasteiger partial charge in [-0.25, -0.2) is 4.79 Å². The van der Waals surface area contributed by atoms with E-state index in [4.69, 9.17) is 9.81 Å². The van der Waals surface area contributed by atoms with Crippen molar-refractivity contribution in [3.05, 3.63) is 29.8 Å². The summed E-state index contributed by atoms with van der Waals surface area (Å²) in [6.07, 6.45) is 3.69. The number of carbonyl (C=O) groups excluding carboxylic acids is 2. The normalized spacial score (nSPS) is 27.2. The van der Waals surface area contributed by atoms with E-state index in [-0.39, 0.29) is 28.4 Å². The molecule has 0 aromatic heterocycles. The van der Waals surface area contributed by atoms with Crippen LogP contribution < -0.4 is 5.32 Å². The first-order chi connectivity index (χ1) is 16.8. The lowest BCUT2D eigenvalue weighted by molar-refractivity contribution is -0.130. The van der Waals surface area contributed by atoms with Gasteiger partial charge in [-0.1, -0.05) is 17.7 Å². The summed E-state index contributed by atoms with van der Waals surface area (Å²) >= 11 is 0. The molecule has 0 radical (unpaired) electrons. The lowest BCUT2D eigenvalue weighted by atomic mass is 9.98. The first kappa shape index (κ1) is 27.9. The summed E-state index contributed by atoms with van der Waals surface area (Å²) in [5.74, 6) is 1.05. The van der Waals surface area contributed by atoms with Crippen LogP contribution in [0.5, 0.6) is 0 Å². The molecule has 0 spiro atoms. The lowest BCUT2D eigenvalue weighted by Gasteiger charge is -2.30. The summed E-state index contributed by atoms with van der Waals surface area (Å²) in [7, 11) is -0.435. The van der Waals surface area contributed by atoms with Crippen LogP contribution >= 0.6 is 0 Å². The van der Waals surface area contributed by atoms with E-state index < -0.39 is 10.1 Å². The fraction of sp³-hybridized carbons (Fsp3) is 0.640. The summed E-state index contributed by atoms with van der Waals surface area (Å²) in [6, 6.07) is 8.05. The molecule has 1 aliphatic carbocycles. The summed E-state index contributed by atoms with van der Waals surface area (Å²) in [4.78, 5) is 29.8. The Hall–Kier alpha value is -2.68. The molecule has 3 atom stereocenters. The molecule has 1 aromatic rings. The molecule has 2 aliphatic heterocycles. The molecule has 1 saturated carbocycles. The van der Waals surface area contributed by atoms with Gasteiger partial charge in [0.25, 0.3) is 10.1 Å². The predicted octanol–water partition coefficient (Wildman–Crippen LogP) is 2.11. The second kappa shape index (κ2) is 11.2.